The predicted molar refractivity (Wildman–Crippen MR) is 129 cm³/mol. The van der Waals surface area contributed by atoms with E-state index in [1.807, 2.05) is 36.4 Å². The van der Waals surface area contributed by atoms with E-state index in [4.69, 9.17) is 0 Å². The summed E-state index contributed by atoms with van der Waals surface area (Å²) in [6.07, 6.45) is 3.83. The first-order valence-corrected chi connectivity index (χ1v) is 11.5. The minimum Gasteiger partial charge on any atom is -0.352 e. The van der Waals surface area contributed by atoms with E-state index < -0.39 is 0 Å². The number of aryl methyl sites for hydroxylation is 1. The van der Waals surface area contributed by atoms with Crippen LogP contribution in [0.3, 0.4) is 0 Å². The van der Waals surface area contributed by atoms with Gasteiger partial charge in [0.15, 0.2) is 0 Å². The molecule has 1 N–H and O–H groups in total. The highest BCUT2D eigenvalue weighted by atomic mass is 16.6. The Bertz CT molecular complexity index is 1110. The number of amides is 1. The molecule has 170 valence electrons. The third-order valence-electron chi connectivity index (χ3n) is 6.17. The van der Waals surface area contributed by atoms with Crippen LogP contribution in [0.4, 0.5) is 5.69 Å². The van der Waals surface area contributed by atoms with Gasteiger partial charge in [-0.1, -0.05) is 54.6 Å². The molecular weight excluding hydrogens is 414 g/mol. The summed E-state index contributed by atoms with van der Waals surface area (Å²) in [4.78, 5) is 25.9. The highest BCUT2D eigenvalue weighted by Gasteiger charge is 2.21. The summed E-state index contributed by atoms with van der Waals surface area (Å²) in [6.45, 7) is 2.80. The van der Waals surface area contributed by atoms with Crippen molar-refractivity contribution in [2.45, 2.75) is 38.8 Å². The third-order valence-corrected chi connectivity index (χ3v) is 6.17. The molecule has 0 unspecified atom stereocenters. The van der Waals surface area contributed by atoms with E-state index in [-0.39, 0.29) is 16.5 Å². The summed E-state index contributed by atoms with van der Waals surface area (Å²) in [5.74, 6) is -0.0432. The number of non-ortho nitro benzene ring substituents is 1. The lowest BCUT2D eigenvalue weighted by Gasteiger charge is -2.29. The molecule has 6 heteroatoms. The fraction of sp³-hybridized carbons (Fsp3) is 0.296. The van der Waals surface area contributed by atoms with Gasteiger partial charge >= 0.3 is 0 Å². The Morgan fingerprint density at radius 1 is 0.970 bits per heavy atom. The van der Waals surface area contributed by atoms with E-state index in [1.54, 1.807) is 12.1 Å². The van der Waals surface area contributed by atoms with Crippen molar-refractivity contribution in [3.05, 3.63) is 111 Å². The second kappa shape index (κ2) is 10.9. The van der Waals surface area contributed by atoms with Crippen LogP contribution in [0.1, 0.15) is 45.5 Å². The van der Waals surface area contributed by atoms with Crippen LogP contribution in [0.2, 0.25) is 0 Å². The van der Waals surface area contributed by atoms with E-state index in [0.29, 0.717) is 25.2 Å². The maximum absolute atomic E-state index is 12.9. The summed E-state index contributed by atoms with van der Waals surface area (Å²) in [6, 6.07) is 23.2. The van der Waals surface area contributed by atoms with E-state index in [1.165, 1.54) is 11.1 Å². The highest BCUT2D eigenvalue weighted by molar-refractivity contribution is 5.95. The molecule has 1 heterocycles. The summed E-state index contributed by atoms with van der Waals surface area (Å²) < 4.78 is 0. The van der Waals surface area contributed by atoms with E-state index in [9.17, 15) is 14.9 Å². The Morgan fingerprint density at radius 2 is 1.76 bits per heavy atom. The van der Waals surface area contributed by atoms with Crippen LogP contribution in [-0.2, 0) is 25.9 Å². The SMILES string of the molecule is O=C(NCCCCc1ccccc1)c1ccccc1CN1CCc2ccc([N+](=O)[O-])cc2C1. The van der Waals surface area contributed by atoms with Crippen LogP contribution >= 0.6 is 0 Å². The average Bonchev–Trinajstić information content (AvgIpc) is 2.84. The maximum Gasteiger partial charge on any atom is 0.269 e. The molecule has 6 nitrogen and oxygen atoms in total. The van der Waals surface area contributed by atoms with Gasteiger partial charge in [0.1, 0.15) is 0 Å². The Balaban J connectivity index is 1.32. The molecule has 0 saturated heterocycles. The molecule has 0 radical (unpaired) electrons. The molecule has 0 fully saturated rings. The minimum absolute atomic E-state index is 0.0432. The number of hydrogen-bond acceptors (Lipinski definition) is 4. The number of nitrogens with zero attached hydrogens (tertiary/aromatic N) is 2. The van der Waals surface area contributed by atoms with Crippen molar-refractivity contribution in [2.24, 2.45) is 0 Å². The molecule has 0 bridgehead atoms. The summed E-state index contributed by atoms with van der Waals surface area (Å²) in [5, 5.41) is 14.2. The lowest BCUT2D eigenvalue weighted by atomic mass is 9.98. The summed E-state index contributed by atoms with van der Waals surface area (Å²) in [7, 11) is 0. The fourth-order valence-corrected chi connectivity index (χ4v) is 4.37. The highest BCUT2D eigenvalue weighted by Crippen LogP contribution is 2.25. The number of unbranched alkanes of at least 4 members (excludes halogenated alkanes) is 1. The molecule has 1 aliphatic heterocycles. The number of fused-ring (bicyclic) bond motifs is 1. The number of carbonyl (C=O) groups is 1. The summed E-state index contributed by atoms with van der Waals surface area (Å²) >= 11 is 0. The quantitative estimate of drug-likeness (QED) is 0.290. The molecule has 0 aromatic heterocycles. The number of nitrogens with one attached hydrogen (secondary N) is 1. The third kappa shape index (κ3) is 6.05. The van der Waals surface area contributed by atoms with E-state index in [2.05, 4.69) is 34.5 Å². The number of rotatable bonds is 9. The van der Waals surface area contributed by atoms with Gasteiger partial charge in [-0.05, 0) is 54.0 Å². The predicted octanol–water partition coefficient (Wildman–Crippen LogP) is 4.91. The molecule has 0 spiro atoms. The van der Waals surface area contributed by atoms with Crippen LogP contribution in [0, 0.1) is 10.1 Å². The Morgan fingerprint density at radius 3 is 2.58 bits per heavy atom. The number of carbonyl (C=O) groups excluding carboxylic acids is 1. The molecule has 3 aromatic rings. The molecule has 0 aliphatic carbocycles. The Kier molecular flexibility index (Phi) is 7.47. The monoisotopic (exact) mass is 443 g/mol. The minimum atomic E-state index is -0.348. The van der Waals surface area contributed by atoms with Crippen molar-refractivity contribution in [1.29, 1.82) is 0 Å². The van der Waals surface area contributed by atoms with E-state index >= 15 is 0 Å². The van der Waals surface area contributed by atoms with Crippen molar-refractivity contribution in [3.63, 3.8) is 0 Å². The number of nitro benzene ring substituents is 1. The lowest BCUT2D eigenvalue weighted by Crippen LogP contribution is -2.32. The van der Waals surface area contributed by atoms with Crippen molar-refractivity contribution in [1.82, 2.24) is 10.2 Å². The first-order chi connectivity index (χ1) is 16.1. The normalized spacial score (nSPS) is 13.3. The molecular formula is C27H29N3O3. The van der Waals surface area contributed by atoms with Gasteiger partial charge in [0, 0.05) is 43.9 Å². The average molecular weight is 444 g/mol. The van der Waals surface area contributed by atoms with Crippen LogP contribution in [0.15, 0.2) is 72.8 Å². The van der Waals surface area contributed by atoms with Gasteiger partial charge in [-0.3, -0.25) is 19.8 Å². The number of benzene rings is 3. The van der Waals surface area contributed by atoms with Crippen LogP contribution < -0.4 is 5.32 Å². The molecule has 1 amide bonds. The smallest absolute Gasteiger partial charge is 0.269 e. The maximum atomic E-state index is 12.9. The molecule has 33 heavy (non-hydrogen) atoms. The van der Waals surface area contributed by atoms with Gasteiger partial charge in [0.05, 0.1) is 4.92 Å². The lowest BCUT2D eigenvalue weighted by molar-refractivity contribution is -0.385. The van der Waals surface area contributed by atoms with Crippen LogP contribution in [0.25, 0.3) is 0 Å². The molecule has 0 saturated carbocycles. The van der Waals surface area contributed by atoms with Crippen LogP contribution in [-0.4, -0.2) is 28.8 Å². The zero-order chi connectivity index (χ0) is 23.0. The van der Waals surface area contributed by atoms with Crippen molar-refractivity contribution >= 4 is 11.6 Å². The molecule has 4 rings (SSSR count). The molecule has 3 aromatic carbocycles. The van der Waals surface area contributed by atoms with Gasteiger partial charge < -0.3 is 5.32 Å². The van der Waals surface area contributed by atoms with Crippen LogP contribution in [0.5, 0.6) is 0 Å². The molecule has 1 aliphatic rings. The first-order valence-electron chi connectivity index (χ1n) is 11.5. The fourth-order valence-electron chi connectivity index (χ4n) is 4.37. The van der Waals surface area contributed by atoms with Crippen molar-refractivity contribution in [3.8, 4) is 0 Å². The van der Waals surface area contributed by atoms with Crippen molar-refractivity contribution in [2.75, 3.05) is 13.1 Å². The van der Waals surface area contributed by atoms with Gasteiger partial charge in [0.25, 0.3) is 11.6 Å². The van der Waals surface area contributed by atoms with Crippen molar-refractivity contribution < 1.29 is 9.72 Å². The van der Waals surface area contributed by atoms with Gasteiger partial charge in [0.2, 0.25) is 0 Å². The molecule has 0 atom stereocenters. The topological polar surface area (TPSA) is 75.5 Å². The number of nitro groups is 1. The van der Waals surface area contributed by atoms with Gasteiger partial charge in [-0.2, -0.15) is 0 Å². The zero-order valence-electron chi connectivity index (χ0n) is 18.7. The largest absolute Gasteiger partial charge is 0.352 e. The second-order valence-electron chi connectivity index (χ2n) is 8.53. The zero-order valence-corrected chi connectivity index (χ0v) is 18.7. The summed E-state index contributed by atoms with van der Waals surface area (Å²) in [5.41, 5.74) is 5.29. The Labute approximate surface area is 194 Å². The van der Waals surface area contributed by atoms with Gasteiger partial charge in [-0.25, -0.2) is 0 Å². The standard InChI is InChI=1S/C27H29N3O3/c31-27(28-16-7-6-10-21-8-2-1-3-9-21)26-12-5-4-11-23(26)19-29-17-15-22-13-14-25(30(32)33)18-24(22)20-29/h1-5,8-9,11-14,18H,6-7,10,15-17,19-20H2,(H,28,31). The Hall–Kier alpha value is -3.51. The van der Waals surface area contributed by atoms with E-state index in [0.717, 1.165) is 43.4 Å². The van der Waals surface area contributed by atoms with Gasteiger partial charge in [-0.15, -0.1) is 0 Å². The first kappa shape index (κ1) is 22.7. The second-order valence-corrected chi connectivity index (χ2v) is 8.53. The number of hydrogen-bond donors (Lipinski definition) is 1.